The van der Waals surface area contributed by atoms with Crippen LogP contribution in [-0.4, -0.2) is 25.0 Å². The van der Waals surface area contributed by atoms with Crippen LogP contribution in [-0.2, 0) is 19.5 Å². The quantitative estimate of drug-likeness (QED) is 0.141. The maximum absolute atomic E-state index is 14.1. The molecule has 40 heavy (non-hydrogen) atoms. The fraction of sp³-hybridized carbons (Fsp3) is 0.290. The van der Waals surface area contributed by atoms with Gasteiger partial charge in [0.1, 0.15) is 5.82 Å². The van der Waals surface area contributed by atoms with E-state index in [9.17, 15) is 14.5 Å². The lowest BCUT2D eigenvalue weighted by atomic mass is 9.97. The zero-order valence-electron chi connectivity index (χ0n) is 23.7. The van der Waals surface area contributed by atoms with Crippen molar-refractivity contribution in [2.75, 3.05) is 5.32 Å². The van der Waals surface area contributed by atoms with Gasteiger partial charge in [0.15, 0.2) is 0 Å². The van der Waals surface area contributed by atoms with E-state index in [1.807, 2.05) is 44.5 Å². The van der Waals surface area contributed by atoms with Crippen LogP contribution in [0.25, 0.3) is 16.5 Å². The number of halogens is 1. The maximum Gasteiger partial charge on any atom is 0.306 e. The SMILES string of the molecule is C=C(/N=C(\C(=C/C)c1ccnn1CC)c1cn2c3c(cccc13)CCC2)Nc1cc([N+](=O)[O-])c(F)cc1C.CC. The van der Waals surface area contributed by atoms with Crippen molar-refractivity contribution in [1.29, 1.82) is 0 Å². The number of nitrogens with one attached hydrogen (secondary N) is 1. The van der Waals surface area contributed by atoms with E-state index in [-0.39, 0.29) is 5.82 Å². The lowest BCUT2D eigenvalue weighted by molar-refractivity contribution is -0.387. The van der Waals surface area contributed by atoms with E-state index in [0.717, 1.165) is 47.7 Å². The van der Waals surface area contributed by atoms with Gasteiger partial charge in [-0.15, -0.1) is 0 Å². The summed E-state index contributed by atoms with van der Waals surface area (Å²) in [7, 11) is 0. The molecular formula is C31H35FN6O2. The molecule has 2 aromatic carbocycles. The lowest BCUT2D eigenvalue weighted by Crippen LogP contribution is -2.12. The second-order valence-electron chi connectivity index (χ2n) is 9.30. The summed E-state index contributed by atoms with van der Waals surface area (Å²) < 4.78 is 18.3. The third kappa shape index (κ3) is 5.32. The van der Waals surface area contributed by atoms with Gasteiger partial charge in [-0.25, -0.2) is 4.99 Å². The Bertz CT molecular complexity index is 1640. The fourth-order valence-corrected chi connectivity index (χ4v) is 5.18. The molecule has 0 spiro atoms. The van der Waals surface area contributed by atoms with Crippen molar-refractivity contribution in [1.82, 2.24) is 14.3 Å². The van der Waals surface area contributed by atoms with Crippen molar-refractivity contribution in [3.05, 3.63) is 106 Å². The number of nitro groups is 1. The summed E-state index contributed by atoms with van der Waals surface area (Å²) in [4.78, 5) is 15.5. The van der Waals surface area contributed by atoms with E-state index in [1.165, 1.54) is 17.1 Å². The Morgan fingerprint density at radius 3 is 2.77 bits per heavy atom. The molecule has 1 aliphatic heterocycles. The van der Waals surface area contributed by atoms with Crippen molar-refractivity contribution in [3.8, 4) is 0 Å². The number of benzene rings is 2. The molecule has 3 heterocycles. The molecule has 0 amide bonds. The molecular weight excluding hydrogens is 507 g/mol. The van der Waals surface area contributed by atoms with Gasteiger partial charge in [0.2, 0.25) is 5.82 Å². The lowest BCUT2D eigenvalue weighted by Gasteiger charge is -2.15. The van der Waals surface area contributed by atoms with Gasteiger partial charge in [0.25, 0.3) is 0 Å². The van der Waals surface area contributed by atoms with Gasteiger partial charge < -0.3 is 9.88 Å². The van der Waals surface area contributed by atoms with Crippen LogP contribution in [0.4, 0.5) is 15.8 Å². The molecule has 208 valence electrons. The summed E-state index contributed by atoms with van der Waals surface area (Å²) in [5.41, 5.74) is 6.27. The van der Waals surface area contributed by atoms with E-state index in [4.69, 9.17) is 4.99 Å². The maximum atomic E-state index is 14.1. The van der Waals surface area contributed by atoms with E-state index in [1.54, 1.807) is 13.1 Å². The second kappa shape index (κ2) is 12.1. The van der Waals surface area contributed by atoms with E-state index in [0.29, 0.717) is 23.5 Å². The second-order valence-corrected chi connectivity index (χ2v) is 9.30. The van der Waals surface area contributed by atoms with Gasteiger partial charge in [0, 0.05) is 53.8 Å². The molecule has 1 N–H and O–H groups in total. The average Bonchev–Trinajstić information content (AvgIpc) is 3.57. The predicted octanol–water partition coefficient (Wildman–Crippen LogP) is 7.66. The highest BCUT2D eigenvalue weighted by molar-refractivity contribution is 6.35. The van der Waals surface area contributed by atoms with Crippen LogP contribution in [0.3, 0.4) is 0 Å². The van der Waals surface area contributed by atoms with Gasteiger partial charge in [-0.3, -0.25) is 14.8 Å². The molecule has 1 aliphatic rings. The number of nitrogens with zero attached hydrogens (tertiary/aromatic N) is 5. The molecule has 0 unspecified atom stereocenters. The van der Waals surface area contributed by atoms with Crippen LogP contribution in [0.2, 0.25) is 0 Å². The highest BCUT2D eigenvalue weighted by Crippen LogP contribution is 2.34. The molecule has 0 aliphatic carbocycles. The van der Waals surface area contributed by atoms with Crippen LogP contribution in [0.15, 0.2) is 72.3 Å². The number of hydrogen-bond donors (Lipinski definition) is 1. The van der Waals surface area contributed by atoms with Crippen molar-refractivity contribution in [3.63, 3.8) is 0 Å². The first-order valence-electron chi connectivity index (χ1n) is 13.6. The number of allylic oxidation sites excluding steroid dienone is 2. The molecule has 5 rings (SSSR count). The Balaban J connectivity index is 0.00000181. The number of hydrogen-bond acceptors (Lipinski definition) is 5. The molecule has 0 atom stereocenters. The first kappa shape index (κ1) is 28.5. The van der Waals surface area contributed by atoms with Crippen molar-refractivity contribution >= 4 is 33.6 Å². The summed E-state index contributed by atoms with van der Waals surface area (Å²) in [5, 5.41) is 19.9. The third-order valence-electron chi connectivity index (χ3n) is 6.93. The van der Waals surface area contributed by atoms with Gasteiger partial charge >= 0.3 is 5.69 Å². The smallest absolute Gasteiger partial charge is 0.306 e. The Morgan fingerprint density at radius 2 is 2.08 bits per heavy atom. The number of aryl methyl sites for hydroxylation is 4. The van der Waals surface area contributed by atoms with Crippen LogP contribution < -0.4 is 5.32 Å². The van der Waals surface area contributed by atoms with E-state index >= 15 is 0 Å². The molecule has 9 heteroatoms. The van der Waals surface area contributed by atoms with Crippen molar-refractivity contribution < 1.29 is 9.31 Å². The van der Waals surface area contributed by atoms with Crippen LogP contribution in [0.1, 0.15) is 56.5 Å². The number of aliphatic imine (C=N–C) groups is 1. The van der Waals surface area contributed by atoms with Gasteiger partial charge in [-0.05, 0) is 56.9 Å². The Hall–Kier alpha value is -4.53. The van der Waals surface area contributed by atoms with E-state index in [2.05, 4.69) is 46.0 Å². The third-order valence-corrected chi connectivity index (χ3v) is 6.93. The van der Waals surface area contributed by atoms with Crippen LogP contribution in [0, 0.1) is 22.9 Å². The zero-order chi connectivity index (χ0) is 29.0. The number of nitro benzene ring substituents is 1. The summed E-state index contributed by atoms with van der Waals surface area (Å²) in [6.45, 7) is 15.4. The average molecular weight is 543 g/mol. The highest BCUT2D eigenvalue weighted by atomic mass is 19.1. The number of rotatable bonds is 8. The topological polar surface area (TPSA) is 90.3 Å². The monoisotopic (exact) mass is 542 g/mol. The summed E-state index contributed by atoms with van der Waals surface area (Å²) in [5.74, 6) is -0.608. The standard InChI is InChI=1S/C29H29FN6O2.C2H6/c1-5-21(26-12-13-31-35(26)6-2)28(23-17-34-14-8-10-20-9-7-11-22(23)29(20)34)33-19(4)32-25-16-27(36(37)38)24(30)15-18(25)3;1-2/h5,7,9,11-13,15-17,32H,4,6,8,10,14H2,1-3H3;1-2H3/b21-5-,33-28+;. The Labute approximate surface area is 233 Å². The van der Waals surface area contributed by atoms with Crippen LogP contribution >= 0.6 is 0 Å². The van der Waals surface area contributed by atoms with E-state index < -0.39 is 16.4 Å². The van der Waals surface area contributed by atoms with Crippen molar-refractivity contribution in [2.24, 2.45) is 4.99 Å². The number of anilines is 1. The first-order valence-corrected chi connectivity index (χ1v) is 13.6. The molecule has 0 radical (unpaired) electrons. The first-order chi connectivity index (χ1) is 19.3. The molecule has 0 fully saturated rings. The predicted molar refractivity (Wildman–Crippen MR) is 160 cm³/mol. The van der Waals surface area contributed by atoms with Gasteiger partial charge in [0.05, 0.1) is 21.8 Å². The molecule has 8 nitrogen and oxygen atoms in total. The summed E-state index contributed by atoms with van der Waals surface area (Å²) in [6.07, 6.45) is 8.02. The van der Waals surface area contributed by atoms with Crippen LogP contribution in [0.5, 0.6) is 0 Å². The minimum Gasteiger partial charge on any atom is -0.347 e. The largest absolute Gasteiger partial charge is 0.347 e. The summed E-state index contributed by atoms with van der Waals surface area (Å²) >= 11 is 0. The molecule has 2 aromatic heterocycles. The molecule has 0 bridgehead atoms. The highest BCUT2D eigenvalue weighted by Gasteiger charge is 2.23. The Kier molecular flexibility index (Phi) is 8.62. The van der Waals surface area contributed by atoms with Gasteiger partial charge in [-0.1, -0.05) is 44.7 Å². The minimum absolute atomic E-state index is 0.276. The number of aromatic nitrogens is 3. The summed E-state index contributed by atoms with van der Waals surface area (Å²) in [6, 6.07) is 10.6. The zero-order valence-corrected chi connectivity index (χ0v) is 23.7. The normalized spacial score (nSPS) is 13.2. The Morgan fingerprint density at radius 1 is 1.30 bits per heavy atom. The van der Waals surface area contributed by atoms with Gasteiger partial charge in [-0.2, -0.15) is 9.49 Å². The molecule has 0 saturated carbocycles. The molecule has 4 aromatic rings. The van der Waals surface area contributed by atoms with Crippen molar-refractivity contribution in [2.45, 2.75) is 60.5 Å². The molecule has 0 saturated heterocycles. The fourth-order valence-electron chi connectivity index (χ4n) is 5.18. The number of para-hydroxylation sites is 1. The minimum atomic E-state index is -0.883.